The molecule has 7 nitrogen and oxygen atoms in total. The van der Waals surface area contributed by atoms with Gasteiger partial charge in [0, 0.05) is 17.1 Å². The van der Waals surface area contributed by atoms with Gasteiger partial charge in [-0.3, -0.25) is 4.98 Å². The van der Waals surface area contributed by atoms with Crippen LogP contribution >= 0.6 is 0 Å². The van der Waals surface area contributed by atoms with Gasteiger partial charge in [-0.1, -0.05) is 5.16 Å². The summed E-state index contributed by atoms with van der Waals surface area (Å²) in [5.74, 6) is 0.602. The summed E-state index contributed by atoms with van der Waals surface area (Å²) in [6.07, 6.45) is 2.64. The van der Waals surface area contributed by atoms with Gasteiger partial charge in [0.2, 0.25) is 10.0 Å². The Morgan fingerprint density at radius 3 is 2.69 bits per heavy atom. The van der Waals surface area contributed by atoms with Crippen LogP contribution < -0.4 is 4.72 Å². The largest absolute Gasteiger partial charge is 0.361 e. The first-order valence-corrected chi connectivity index (χ1v) is 9.61. The molecule has 1 aromatic carbocycles. The fraction of sp³-hybridized carbons (Fsp3) is 0.278. The molecule has 26 heavy (non-hydrogen) atoms. The number of fused-ring (bicyclic) bond motifs is 1. The first-order valence-electron chi connectivity index (χ1n) is 8.12. The van der Waals surface area contributed by atoms with Crippen LogP contribution in [-0.4, -0.2) is 24.1 Å². The second-order valence-electron chi connectivity index (χ2n) is 6.54. The second kappa shape index (κ2) is 5.62. The van der Waals surface area contributed by atoms with Gasteiger partial charge in [-0.05, 0) is 56.5 Å². The lowest BCUT2D eigenvalue weighted by atomic mass is 10.0. The summed E-state index contributed by atoms with van der Waals surface area (Å²) >= 11 is 0. The number of nitriles is 1. The quantitative estimate of drug-likeness (QED) is 0.758. The van der Waals surface area contributed by atoms with Crippen molar-refractivity contribution in [1.82, 2.24) is 14.9 Å². The summed E-state index contributed by atoms with van der Waals surface area (Å²) in [5.41, 5.74) is 1.63. The highest BCUT2D eigenvalue weighted by Crippen LogP contribution is 2.38. The van der Waals surface area contributed by atoms with Crippen molar-refractivity contribution in [3.8, 4) is 17.2 Å². The molecule has 0 amide bonds. The van der Waals surface area contributed by atoms with Crippen molar-refractivity contribution in [2.75, 3.05) is 0 Å². The molecule has 2 aromatic heterocycles. The standard InChI is InChI=1S/C18H16N4O3S/c1-11-17(12(2)25-21-11)13-8-15-14(4-3-7-20-15)16(9-13)26(23,24)22-18(10-19)5-6-18/h3-4,7-9,22H,5-6H2,1-2H3. The van der Waals surface area contributed by atoms with E-state index in [2.05, 4.69) is 20.9 Å². The van der Waals surface area contributed by atoms with Crippen molar-refractivity contribution in [3.05, 3.63) is 41.9 Å². The lowest BCUT2D eigenvalue weighted by molar-refractivity contribution is 0.393. The normalized spacial score (nSPS) is 15.7. The molecule has 0 unspecified atom stereocenters. The summed E-state index contributed by atoms with van der Waals surface area (Å²) in [4.78, 5) is 4.41. The van der Waals surface area contributed by atoms with E-state index in [0.29, 0.717) is 40.8 Å². The first kappa shape index (κ1) is 16.7. The van der Waals surface area contributed by atoms with Gasteiger partial charge in [0.1, 0.15) is 11.3 Å². The van der Waals surface area contributed by atoms with E-state index < -0.39 is 15.6 Å². The molecule has 0 atom stereocenters. The highest BCUT2D eigenvalue weighted by Gasteiger charge is 2.47. The van der Waals surface area contributed by atoms with Gasteiger partial charge in [0.05, 0.1) is 22.2 Å². The highest BCUT2D eigenvalue weighted by atomic mass is 32.2. The van der Waals surface area contributed by atoms with Crippen molar-refractivity contribution in [1.29, 1.82) is 5.26 Å². The van der Waals surface area contributed by atoms with Crippen LogP contribution in [0, 0.1) is 25.2 Å². The Morgan fingerprint density at radius 1 is 1.31 bits per heavy atom. The van der Waals surface area contributed by atoms with Crippen molar-refractivity contribution in [2.45, 2.75) is 37.1 Å². The number of aryl methyl sites for hydroxylation is 2. The molecule has 3 aromatic rings. The molecule has 2 heterocycles. The van der Waals surface area contributed by atoms with Gasteiger partial charge in [0.15, 0.2) is 0 Å². The molecule has 0 bridgehead atoms. The van der Waals surface area contributed by atoms with Crippen LogP contribution in [-0.2, 0) is 10.0 Å². The predicted molar refractivity (Wildman–Crippen MR) is 94.6 cm³/mol. The summed E-state index contributed by atoms with van der Waals surface area (Å²) in [6.45, 7) is 3.58. The van der Waals surface area contributed by atoms with Crippen molar-refractivity contribution < 1.29 is 12.9 Å². The lowest BCUT2D eigenvalue weighted by Crippen LogP contribution is -2.35. The minimum atomic E-state index is -3.90. The zero-order chi connectivity index (χ0) is 18.5. The molecular weight excluding hydrogens is 352 g/mol. The Balaban J connectivity index is 1.95. The number of benzene rings is 1. The van der Waals surface area contributed by atoms with Crippen molar-refractivity contribution in [2.24, 2.45) is 0 Å². The van der Waals surface area contributed by atoms with Gasteiger partial charge in [0.25, 0.3) is 0 Å². The molecule has 1 N–H and O–H groups in total. The summed E-state index contributed by atoms with van der Waals surface area (Å²) in [7, 11) is -3.90. The van der Waals surface area contributed by atoms with E-state index in [1.807, 2.05) is 6.07 Å². The smallest absolute Gasteiger partial charge is 0.242 e. The number of nitrogens with zero attached hydrogens (tertiary/aromatic N) is 3. The third-order valence-electron chi connectivity index (χ3n) is 4.59. The van der Waals surface area contributed by atoms with E-state index in [-0.39, 0.29) is 4.90 Å². The van der Waals surface area contributed by atoms with Crippen LogP contribution in [0.5, 0.6) is 0 Å². The Hall–Kier alpha value is -2.76. The molecule has 1 aliphatic rings. The number of pyridine rings is 1. The maximum atomic E-state index is 13.0. The number of sulfonamides is 1. The van der Waals surface area contributed by atoms with E-state index in [1.165, 1.54) is 0 Å². The molecule has 0 spiro atoms. The van der Waals surface area contributed by atoms with Crippen LogP contribution in [0.2, 0.25) is 0 Å². The van der Waals surface area contributed by atoms with Gasteiger partial charge in [-0.2, -0.15) is 9.98 Å². The van der Waals surface area contributed by atoms with Crippen LogP contribution in [0.15, 0.2) is 39.9 Å². The Kier molecular flexibility index (Phi) is 3.61. The third-order valence-corrected chi connectivity index (χ3v) is 6.16. The molecule has 1 aliphatic carbocycles. The maximum absolute atomic E-state index is 13.0. The molecule has 132 valence electrons. The fourth-order valence-electron chi connectivity index (χ4n) is 3.08. The monoisotopic (exact) mass is 368 g/mol. The van der Waals surface area contributed by atoms with Crippen molar-refractivity contribution >= 4 is 20.9 Å². The van der Waals surface area contributed by atoms with Crippen LogP contribution in [0.4, 0.5) is 0 Å². The Bertz CT molecular complexity index is 1150. The summed E-state index contributed by atoms with van der Waals surface area (Å²) < 4.78 is 33.8. The zero-order valence-electron chi connectivity index (χ0n) is 14.3. The van der Waals surface area contributed by atoms with Crippen molar-refractivity contribution in [3.63, 3.8) is 0 Å². The average Bonchev–Trinajstić information content (AvgIpc) is 3.30. The van der Waals surface area contributed by atoms with Crippen LogP contribution in [0.3, 0.4) is 0 Å². The van der Waals surface area contributed by atoms with E-state index in [9.17, 15) is 13.7 Å². The summed E-state index contributed by atoms with van der Waals surface area (Å²) in [5, 5.41) is 13.7. The molecule has 0 saturated heterocycles. The van der Waals surface area contributed by atoms with E-state index in [4.69, 9.17) is 4.52 Å². The van der Waals surface area contributed by atoms with E-state index in [1.54, 1.807) is 38.2 Å². The Morgan fingerprint density at radius 2 is 2.08 bits per heavy atom. The third kappa shape index (κ3) is 2.66. The Labute approximate surface area is 150 Å². The van der Waals surface area contributed by atoms with E-state index in [0.717, 1.165) is 5.56 Å². The minimum Gasteiger partial charge on any atom is -0.361 e. The number of hydrogen-bond donors (Lipinski definition) is 1. The molecule has 8 heteroatoms. The van der Waals surface area contributed by atoms with Gasteiger partial charge < -0.3 is 4.52 Å². The van der Waals surface area contributed by atoms with Gasteiger partial charge in [-0.15, -0.1) is 0 Å². The number of rotatable bonds is 4. The molecule has 0 aliphatic heterocycles. The summed E-state index contributed by atoms with van der Waals surface area (Å²) in [6, 6.07) is 8.86. The lowest BCUT2D eigenvalue weighted by Gasteiger charge is -2.14. The highest BCUT2D eigenvalue weighted by molar-refractivity contribution is 7.89. The topological polar surface area (TPSA) is 109 Å². The molecule has 1 fully saturated rings. The number of hydrogen-bond acceptors (Lipinski definition) is 6. The molecule has 4 rings (SSSR count). The molecule has 0 radical (unpaired) electrons. The molecular formula is C18H16N4O3S. The zero-order valence-corrected chi connectivity index (χ0v) is 15.1. The number of aromatic nitrogens is 2. The molecule has 1 saturated carbocycles. The maximum Gasteiger partial charge on any atom is 0.242 e. The predicted octanol–water partition coefficient (Wildman–Crippen LogP) is 2.84. The van der Waals surface area contributed by atoms with Crippen LogP contribution in [0.25, 0.3) is 22.0 Å². The minimum absolute atomic E-state index is 0.0969. The van der Waals surface area contributed by atoms with Gasteiger partial charge >= 0.3 is 0 Å². The second-order valence-corrected chi connectivity index (χ2v) is 8.19. The average molecular weight is 368 g/mol. The van der Waals surface area contributed by atoms with Crippen LogP contribution in [0.1, 0.15) is 24.3 Å². The fourth-order valence-corrected chi connectivity index (χ4v) is 4.70. The number of nitrogens with one attached hydrogen (secondary N) is 1. The van der Waals surface area contributed by atoms with Gasteiger partial charge in [-0.25, -0.2) is 8.42 Å². The van der Waals surface area contributed by atoms with E-state index >= 15 is 0 Å². The SMILES string of the molecule is Cc1noc(C)c1-c1cc(S(=O)(=O)NC2(C#N)CC2)c2cccnc2c1. The first-order chi connectivity index (χ1) is 12.4.